The number of hydrogen-bond donors (Lipinski definition) is 2. The van der Waals surface area contributed by atoms with Gasteiger partial charge in [-0.15, -0.1) is 5.11 Å². The molecule has 1 aliphatic heterocycles. The van der Waals surface area contributed by atoms with Gasteiger partial charge in [0.25, 0.3) is 11.7 Å². The van der Waals surface area contributed by atoms with Gasteiger partial charge >= 0.3 is 0 Å². The van der Waals surface area contributed by atoms with E-state index >= 15 is 0 Å². The number of pyridine rings is 2. The number of nitrogens with one attached hydrogen (secondary N) is 2. The summed E-state index contributed by atoms with van der Waals surface area (Å²) < 4.78 is 3.86. The number of halogens is 2. The molecular weight excluding hydrogens is 539 g/mol. The lowest BCUT2D eigenvalue weighted by molar-refractivity contribution is -0.129. The zero-order chi connectivity index (χ0) is 27.3. The van der Waals surface area contributed by atoms with Crippen molar-refractivity contribution in [2.75, 3.05) is 20.1 Å². The highest BCUT2D eigenvalue weighted by molar-refractivity contribution is 6.39. The fraction of sp³-hybridized carbons (Fsp3) is 0.192. The van der Waals surface area contributed by atoms with Crippen LogP contribution < -0.4 is 5.43 Å². The second-order valence-electron chi connectivity index (χ2n) is 9.15. The summed E-state index contributed by atoms with van der Waals surface area (Å²) in [5.41, 5.74) is 15.3. The molecule has 1 amide bonds. The van der Waals surface area contributed by atoms with Crippen LogP contribution in [0.5, 0.6) is 0 Å². The molecule has 0 aliphatic carbocycles. The van der Waals surface area contributed by atoms with Crippen LogP contribution in [0.3, 0.4) is 0 Å². The Balaban J connectivity index is 1.31. The quantitative estimate of drug-likeness (QED) is 0.139. The molecule has 1 fully saturated rings. The maximum Gasteiger partial charge on any atom is 0.295 e. The van der Waals surface area contributed by atoms with Crippen LogP contribution in [0.25, 0.3) is 38.9 Å². The molecule has 1 aliphatic rings. The predicted molar refractivity (Wildman–Crippen MR) is 149 cm³/mol. The molecule has 39 heavy (non-hydrogen) atoms. The molecule has 5 aromatic rings. The van der Waals surface area contributed by atoms with Gasteiger partial charge in [0, 0.05) is 66.5 Å². The number of amides is 1. The molecule has 1 aromatic carbocycles. The summed E-state index contributed by atoms with van der Waals surface area (Å²) in [6, 6.07) is 9.44. The first-order chi connectivity index (χ1) is 18.9. The maximum atomic E-state index is 12.4. The second-order valence-corrected chi connectivity index (χ2v) is 9.97. The van der Waals surface area contributed by atoms with E-state index in [9.17, 15) is 4.79 Å². The second kappa shape index (κ2) is 9.75. The zero-order valence-corrected chi connectivity index (χ0v) is 22.4. The van der Waals surface area contributed by atoms with Crippen LogP contribution in [0.15, 0.2) is 65.3 Å². The number of carbonyl (C=O) groups is 1. The molecule has 0 spiro atoms. The van der Waals surface area contributed by atoms with E-state index in [1.54, 1.807) is 30.3 Å². The molecule has 11 nitrogen and oxygen atoms in total. The molecule has 1 saturated heterocycles. The highest BCUT2D eigenvalue weighted by Crippen LogP contribution is 2.37. The van der Waals surface area contributed by atoms with Gasteiger partial charge in [-0.3, -0.25) is 14.5 Å². The number of rotatable bonds is 4. The number of amidine groups is 1. The molecule has 0 bridgehead atoms. The maximum absolute atomic E-state index is 12.4. The van der Waals surface area contributed by atoms with Crippen LogP contribution in [-0.4, -0.2) is 60.9 Å². The Morgan fingerprint density at radius 2 is 1.92 bits per heavy atom. The lowest BCUT2D eigenvalue weighted by Crippen LogP contribution is -2.53. The summed E-state index contributed by atoms with van der Waals surface area (Å²) in [4.78, 5) is 23.6. The predicted octanol–water partition coefficient (Wildman–Crippen LogP) is 4.98. The van der Waals surface area contributed by atoms with Gasteiger partial charge in [-0.05, 0) is 31.2 Å². The van der Waals surface area contributed by atoms with E-state index in [0.717, 1.165) is 39.1 Å². The Kier molecular flexibility index (Phi) is 6.24. The van der Waals surface area contributed by atoms with E-state index in [-0.39, 0.29) is 11.9 Å². The fourth-order valence-electron chi connectivity index (χ4n) is 4.78. The first kappa shape index (κ1) is 25.0. The minimum absolute atomic E-state index is 0.0160. The lowest BCUT2D eigenvalue weighted by atomic mass is 10.1. The van der Waals surface area contributed by atoms with Crippen LogP contribution >= 0.6 is 23.2 Å². The molecule has 4 aromatic heterocycles. The monoisotopic (exact) mass is 560 g/mol. The molecule has 0 unspecified atom stereocenters. The van der Waals surface area contributed by atoms with Crippen LogP contribution in [-0.2, 0) is 4.79 Å². The third-order valence-corrected chi connectivity index (χ3v) is 7.49. The van der Waals surface area contributed by atoms with Gasteiger partial charge < -0.3 is 14.7 Å². The van der Waals surface area contributed by atoms with Crippen molar-refractivity contribution in [3.63, 3.8) is 0 Å². The number of carbonyl (C=O) groups excluding carboxylic acids is 1. The molecule has 0 radical (unpaired) electrons. The van der Waals surface area contributed by atoms with Gasteiger partial charge in [0.15, 0.2) is 0 Å². The van der Waals surface area contributed by atoms with Crippen LogP contribution in [0.1, 0.15) is 11.7 Å². The Labute approximate surface area is 232 Å². The summed E-state index contributed by atoms with van der Waals surface area (Å²) in [5, 5.41) is 13.4. The lowest BCUT2D eigenvalue weighted by Gasteiger charge is -2.38. The summed E-state index contributed by atoms with van der Waals surface area (Å²) in [6.45, 7) is 2.89. The average molecular weight is 561 g/mol. The van der Waals surface area contributed by atoms with E-state index in [2.05, 4.69) is 31.8 Å². The zero-order valence-electron chi connectivity index (χ0n) is 20.9. The molecule has 6 rings (SSSR count). The number of aryl methyl sites for hydroxylation is 1. The van der Waals surface area contributed by atoms with E-state index < -0.39 is 5.91 Å². The first-order valence-electron chi connectivity index (χ1n) is 12.1. The number of hydrogen-bond acceptors (Lipinski definition) is 7. The van der Waals surface area contributed by atoms with Crippen LogP contribution in [0, 0.1) is 12.5 Å². The smallest absolute Gasteiger partial charge is 0.295 e. The number of nitrogens with zero attached hydrogens (tertiary/aromatic N) is 8. The highest BCUT2D eigenvalue weighted by atomic mass is 35.5. The van der Waals surface area contributed by atoms with Crippen molar-refractivity contribution in [3.8, 4) is 22.4 Å². The van der Waals surface area contributed by atoms with Crippen LogP contribution in [0.4, 0.5) is 0 Å². The first-order valence-corrected chi connectivity index (χ1v) is 12.8. The number of likely N-dealkylation sites (tertiary alicyclic amines) is 1. The standard InChI is InChI=1S/C26H22Cl2N10O/c1-14-23(22-19(27)4-3-5-20(22)28)33-25-18-8-15(9-31-21(18)6-7-37(14)25)16-10-32-38(11-16)17-12-36(13-17)26(39)24(34-29)35-30-2/h3-11,17,29-30H,12-13H2,1-2H3/b34-29?,35-24-. The number of hydrazone groups is 1. The largest absolute Gasteiger partial charge is 0.331 e. The van der Waals surface area contributed by atoms with E-state index in [4.69, 9.17) is 33.7 Å². The minimum atomic E-state index is -0.391. The van der Waals surface area contributed by atoms with Crippen molar-refractivity contribution in [3.05, 3.63) is 70.9 Å². The minimum Gasteiger partial charge on any atom is -0.331 e. The topological polar surface area (TPSA) is 129 Å². The Morgan fingerprint density at radius 3 is 2.64 bits per heavy atom. The third-order valence-electron chi connectivity index (χ3n) is 6.86. The summed E-state index contributed by atoms with van der Waals surface area (Å²) in [6.07, 6.45) is 7.49. The summed E-state index contributed by atoms with van der Waals surface area (Å²) in [7, 11) is 1.55. The van der Waals surface area contributed by atoms with Gasteiger partial charge in [0.05, 0.1) is 33.5 Å². The number of fused-ring (bicyclic) bond motifs is 3. The van der Waals surface area contributed by atoms with E-state index in [1.165, 1.54) is 0 Å². The normalized spacial score (nSPS) is 14.2. The van der Waals surface area contributed by atoms with Gasteiger partial charge in [-0.1, -0.05) is 29.3 Å². The van der Waals surface area contributed by atoms with Crippen molar-refractivity contribution in [1.82, 2.24) is 34.5 Å². The van der Waals surface area contributed by atoms with Gasteiger partial charge in [-0.2, -0.15) is 10.2 Å². The molecule has 13 heteroatoms. The molecule has 0 atom stereocenters. The molecule has 196 valence electrons. The van der Waals surface area contributed by atoms with Crippen LogP contribution in [0.2, 0.25) is 10.0 Å². The van der Waals surface area contributed by atoms with Gasteiger partial charge in [0.2, 0.25) is 0 Å². The van der Waals surface area contributed by atoms with Crippen molar-refractivity contribution in [1.29, 1.82) is 5.53 Å². The van der Waals surface area contributed by atoms with Gasteiger partial charge in [-0.25, -0.2) is 10.5 Å². The fourth-order valence-corrected chi connectivity index (χ4v) is 5.36. The number of benzene rings is 1. The molecule has 2 N–H and O–H groups in total. The average Bonchev–Trinajstić information content (AvgIpc) is 3.51. The number of imidazole rings is 1. The van der Waals surface area contributed by atoms with E-state index in [1.807, 2.05) is 46.7 Å². The summed E-state index contributed by atoms with van der Waals surface area (Å²) in [5.74, 6) is -0.571. The summed E-state index contributed by atoms with van der Waals surface area (Å²) >= 11 is 13.0. The molecule has 5 heterocycles. The Bertz CT molecular complexity index is 1780. The van der Waals surface area contributed by atoms with Crippen molar-refractivity contribution in [2.45, 2.75) is 13.0 Å². The Morgan fingerprint density at radius 1 is 1.15 bits per heavy atom. The molecule has 0 saturated carbocycles. The Hall–Kier alpha value is -4.35. The number of aromatic nitrogens is 5. The highest BCUT2D eigenvalue weighted by Gasteiger charge is 2.35. The third kappa shape index (κ3) is 4.19. The van der Waals surface area contributed by atoms with Crippen molar-refractivity contribution >= 4 is 51.5 Å². The van der Waals surface area contributed by atoms with E-state index in [0.29, 0.717) is 28.7 Å². The SMILES string of the molecule is CN/N=C(\N=N)C(=O)N1CC(n2cc(-c3cnc4ccn5c(C)c(-c6c(Cl)cccc6Cl)nc5c4c3)cn2)C1. The van der Waals surface area contributed by atoms with Gasteiger partial charge in [0.1, 0.15) is 5.65 Å². The van der Waals surface area contributed by atoms with Crippen molar-refractivity contribution in [2.24, 2.45) is 10.2 Å². The molecular formula is C26H22Cl2N10O. The van der Waals surface area contributed by atoms with Crippen molar-refractivity contribution < 1.29 is 4.79 Å².